The van der Waals surface area contributed by atoms with Crippen molar-refractivity contribution in [1.82, 2.24) is 10.6 Å². The molecule has 5 nitrogen and oxygen atoms in total. The van der Waals surface area contributed by atoms with Crippen LogP contribution in [0.25, 0.3) is 0 Å². The Kier molecular flexibility index (Phi) is 5.38. The van der Waals surface area contributed by atoms with Gasteiger partial charge in [-0.15, -0.1) is 0 Å². The number of nitrogens with two attached hydrogens (primary N) is 1. The Hall–Kier alpha value is -1.12. The normalized spacial score (nSPS) is 24.6. The molecule has 112 valence electrons. The molecule has 5 heteroatoms. The largest absolute Gasteiger partial charge is 0.336 e. The number of hydrogen-bond donors (Lipinski definition) is 3. The summed E-state index contributed by atoms with van der Waals surface area (Å²) in [5.41, 5.74) is 5.33. The molecule has 1 heterocycles. The van der Waals surface area contributed by atoms with Gasteiger partial charge in [0.15, 0.2) is 0 Å². The van der Waals surface area contributed by atoms with E-state index in [1.807, 2.05) is 0 Å². The van der Waals surface area contributed by atoms with Gasteiger partial charge in [0, 0.05) is 0 Å². The molecular weight excluding hydrogens is 252 g/mol. The second-order valence-electron chi connectivity index (χ2n) is 6.28. The van der Waals surface area contributed by atoms with Gasteiger partial charge in [0.25, 0.3) is 0 Å². The number of piperidine rings is 1. The van der Waals surface area contributed by atoms with Crippen LogP contribution < -0.4 is 16.4 Å². The highest BCUT2D eigenvalue weighted by atomic mass is 16.2. The summed E-state index contributed by atoms with van der Waals surface area (Å²) < 4.78 is 0. The van der Waals surface area contributed by atoms with E-state index in [1.165, 1.54) is 32.1 Å². The number of amides is 1. The third-order valence-electron chi connectivity index (χ3n) is 4.68. The van der Waals surface area contributed by atoms with E-state index in [-0.39, 0.29) is 5.91 Å². The van der Waals surface area contributed by atoms with Crippen molar-refractivity contribution in [2.45, 2.75) is 62.9 Å². The van der Waals surface area contributed by atoms with Crippen molar-refractivity contribution in [3.63, 3.8) is 0 Å². The van der Waals surface area contributed by atoms with Crippen LogP contribution in [0, 0.1) is 17.2 Å². The average molecular weight is 278 g/mol. The number of rotatable bonds is 4. The van der Waals surface area contributed by atoms with Crippen LogP contribution in [0.15, 0.2) is 0 Å². The van der Waals surface area contributed by atoms with Gasteiger partial charge in [-0.25, -0.2) is 0 Å². The second kappa shape index (κ2) is 7.05. The topological polar surface area (TPSA) is 90.9 Å². The van der Waals surface area contributed by atoms with Gasteiger partial charge in [0.05, 0.1) is 12.1 Å². The molecule has 1 aliphatic carbocycles. The van der Waals surface area contributed by atoms with Crippen LogP contribution in [0.5, 0.6) is 0 Å². The number of carbonyl (C=O) groups excluding carboxylic acids is 1. The maximum atomic E-state index is 12.2. The molecule has 2 rings (SSSR count). The SMILES string of the molecule is N#CC1(NC(=O)C(N)CC2CCCCC2)CCNCC1. The minimum Gasteiger partial charge on any atom is -0.336 e. The predicted molar refractivity (Wildman–Crippen MR) is 77.8 cm³/mol. The van der Waals surface area contributed by atoms with Crippen molar-refractivity contribution < 1.29 is 4.79 Å². The summed E-state index contributed by atoms with van der Waals surface area (Å²) in [6.07, 6.45) is 8.27. The van der Waals surface area contributed by atoms with Crippen LogP contribution in [0.1, 0.15) is 51.4 Å². The summed E-state index contributed by atoms with van der Waals surface area (Å²) in [5, 5.41) is 15.5. The first-order chi connectivity index (χ1) is 9.65. The first-order valence-electron chi connectivity index (χ1n) is 7.85. The van der Waals surface area contributed by atoms with E-state index in [0.29, 0.717) is 18.8 Å². The third kappa shape index (κ3) is 3.94. The second-order valence-corrected chi connectivity index (χ2v) is 6.28. The van der Waals surface area contributed by atoms with Crippen LogP contribution in [0.4, 0.5) is 0 Å². The number of carbonyl (C=O) groups is 1. The Morgan fingerprint density at radius 1 is 1.35 bits per heavy atom. The molecule has 0 aromatic rings. The summed E-state index contributed by atoms with van der Waals surface area (Å²) in [4.78, 5) is 12.2. The molecule has 0 radical (unpaired) electrons. The van der Waals surface area contributed by atoms with E-state index in [0.717, 1.165) is 19.5 Å². The van der Waals surface area contributed by atoms with E-state index in [1.54, 1.807) is 0 Å². The first-order valence-corrected chi connectivity index (χ1v) is 7.85. The monoisotopic (exact) mass is 278 g/mol. The molecule has 1 amide bonds. The van der Waals surface area contributed by atoms with Gasteiger partial charge in [-0.05, 0) is 38.3 Å². The Bertz CT molecular complexity index is 365. The molecule has 2 aliphatic rings. The maximum absolute atomic E-state index is 12.2. The number of nitriles is 1. The molecule has 1 saturated carbocycles. The number of hydrogen-bond acceptors (Lipinski definition) is 4. The fourth-order valence-electron chi connectivity index (χ4n) is 3.34. The van der Waals surface area contributed by atoms with Crippen LogP contribution in [-0.2, 0) is 4.79 Å². The summed E-state index contributed by atoms with van der Waals surface area (Å²) in [6, 6.07) is 1.81. The van der Waals surface area contributed by atoms with Gasteiger partial charge >= 0.3 is 0 Å². The lowest BCUT2D eigenvalue weighted by Gasteiger charge is -2.33. The van der Waals surface area contributed by atoms with E-state index in [9.17, 15) is 10.1 Å². The van der Waals surface area contributed by atoms with Crippen molar-refractivity contribution in [1.29, 1.82) is 5.26 Å². The highest BCUT2D eigenvalue weighted by Crippen LogP contribution is 2.27. The van der Waals surface area contributed by atoms with Crippen LogP contribution >= 0.6 is 0 Å². The van der Waals surface area contributed by atoms with E-state index < -0.39 is 11.6 Å². The van der Waals surface area contributed by atoms with Crippen molar-refractivity contribution >= 4 is 5.91 Å². The van der Waals surface area contributed by atoms with Gasteiger partial charge in [-0.2, -0.15) is 5.26 Å². The van der Waals surface area contributed by atoms with Crippen molar-refractivity contribution in [3.8, 4) is 6.07 Å². The van der Waals surface area contributed by atoms with Crippen LogP contribution in [0.3, 0.4) is 0 Å². The quantitative estimate of drug-likeness (QED) is 0.717. The molecule has 1 atom stereocenters. The van der Waals surface area contributed by atoms with Crippen molar-refractivity contribution in [2.24, 2.45) is 11.7 Å². The van der Waals surface area contributed by atoms with Gasteiger partial charge in [0.1, 0.15) is 5.54 Å². The Morgan fingerprint density at radius 2 is 2.00 bits per heavy atom. The fourth-order valence-corrected chi connectivity index (χ4v) is 3.34. The maximum Gasteiger partial charge on any atom is 0.238 e. The van der Waals surface area contributed by atoms with Crippen LogP contribution in [0.2, 0.25) is 0 Å². The minimum atomic E-state index is -0.716. The lowest BCUT2D eigenvalue weighted by atomic mass is 9.84. The molecule has 0 bridgehead atoms. The fraction of sp³-hybridized carbons (Fsp3) is 0.867. The highest BCUT2D eigenvalue weighted by Gasteiger charge is 2.35. The van der Waals surface area contributed by atoms with Gasteiger partial charge < -0.3 is 16.4 Å². The lowest BCUT2D eigenvalue weighted by Crippen LogP contribution is -2.57. The summed E-state index contributed by atoms with van der Waals surface area (Å²) in [6.45, 7) is 1.54. The zero-order valence-corrected chi connectivity index (χ0v) is 12.2. The van der Waals surface area contributed by atoms with Gasteiger partial charge in [-0.3, -0.25) is 4.79 Å². The minimum absolute atomic E-state index is 0.154. The van der Waals surface area contributed by atoms with Gasteiger partial charge in [0.2, 0.25) is 5.91 Å². The lowest BCUT2D eigenvalue weighted by molar-refractivity contribution is -0.124. The standard InChI is InChI=1S/C15H26N4O/c16-11-15(6-8-18-9-7-15)19-14(20)13(17)10-12-4-2-1-3-5-12/h12-13,18H,1-10,17H2,(H,19,20). The molecule has 1 saturated heterocycles. The van der Waals surface area contributed by atoms with Gasteiger partial charge in [-0.1, -0.05) is 32.1 Å². The van der Waals surface area contributed by atoms with Crippen molar-refractivity contribution in [3.05, 3.63) is 0 Å². The summed E-state index contributed by atoms with van der Waals surface area (Å²) in [7, 11) is 0. The molecule has 1 unspecified atom stereocenters. The molecule has 0 aromatic carbocycles. The number of nitrogens with zero attached hydrogens (tertiary/aromatic N) is 1. The molecule has 4 N–H and O–H groups in total. The smallest absolute Gasteiger partial charge is 0.238 e. The zero-order valence-electron chi connectivity index (χ0n) is 12.2. The predicted octanol–water partition coefficient (Wildman–Crippen LogP) is 1.05. The van der Waals surface area contributed by atoms with E-state index in [2.05, 4.69) is 16.7 Å². The molecule has 0 spiro atoms. The van der Waals surface area contributed by atoms with E-state index in [4.69, 9.17) is 5.73 Å². The Balaban J connectivity index is 1.84. The van der Waals surface area contributed by atoms with Crippen molar-refractivity contribution in [2.75, 3.05) is 13.1 Å². The van der Waals surface area contributed by atoms with E-state index >= 15 is 0 Å². The molecule has 1 aliphatic heterocycles. The summed E-state index contributed by atoms with van der Waals surface area (Å²) >= 11 is 0. The zero-order chi connectivity index (χ0) is 14.4. The molecular formula is C15H26N4O. The third-order valence-corrected chi connectivity index (χ3v) is 4.68. The summed E-state index contributed by atoms with van der Waals surface area (Å²) in [5.74, 6) is 0.426. The molecule has 20 heavy (non-hydrogen) atoms. The molecule has 2 fully saturated rings. The van der Waals surface area contributed by atoms with Crippen LogP contribution in [-0.4, -0.2) is 30.6 Å². The Labute approximate surface area is 121 Å². The highest BCUT2D eigenvalue weighted by molar-refractivity contribution is 5.82. The average Bonchev–Trinajstić information content (AvgIpc) is 2.49. The number of nitrogens with one attached hydrogen (secondary N) is 2. The molecule has 0 aromatic heterocycles. The Morgan fingerprint density at radius 3 is 2.60 bits per heavy atom. The first kappa shape index (κ1) is 15.3.